The Hall–Kier alpha value is -3.39. The Labute approximate surface area is 188 Å². The van der Waals surface area contributed by atoms with Crippen molar-refractivity contribution in [3.05, 3.63) is 77.5 Å². The second-order valence-electron chi connectivity index (χ2n) is 7.67. The molecule has 32 heavy (non-hydrogen) atoms. The Kier molecular flexibility index (Phi) is 7.15. The van der Waals surface area contributed by atoms with Crippen LogP contribution in [0.25, 0.3) is 0 Å². The number of rotatable bonds is 8. The van der Waals surface area contributed by atoms with Crippen LogP contribution in [-0.2, 0) is 10.0 Å². The van der Waals surface area contributed by atoms with Gasteiger partial charge in [-0.25, -0.2) is 13.4 Å². The zero-order chi connectivity index (χ0) is 23.3. The zero-order valence-electron chi connectivity index (χ0n) is 18.5. The number of aryl methyl sites for hydroxylation is 2. The number of hydrogen-bond donors (Lipinski definition) is 2. The summed E-state index contributed by atoms with van der Waals surface area (Å²) in [7, 11) is -3.73. The fraction of sp³-hybridized carbons (Fsp3) is 0.250. The number of nitrogens with zero attached hydrogens (tertiary/aromatic N) is 1. The lowest BCUT2D eigenvalue weighted by molar-refractivity contribution is 0.0939. The van der Waals surface area contributed by atoms with Gasteiger partial charge in [0.15, 0.2) is 0 Å². The molecule has 1 amide bonds. The normalized spacial score (nSPS) is 12.1. The van der Waals surface area contributed by atoms with Crippen LogP contribution in [0.2, 0.25) is 0 Å². The third-order valence-corrected chi connectivity index (χ3v) is 6.47. The van der Waals surface area contributed by atoms with Crippen molar-refractivity contribution < 1.29 is 17.9 Å². The molecule has 0 fully saturated rings. The van der Waals surface area contributed by atoms with Crippen molar-refractivity contribution in [2.45, 2.75) is 45.1 Å². The van der Waals surface area contributed by atoms with Gasteiger partial charge in [0.25, 0.3) is 15.9 Å². The van der Waals surface area contributed by atoms with Gasteiger partial charge in [-0.2, -0.15) is 0 Å². The lowest BCUT2D eigenvalue weighted by atomic mass is 10.2. The average Bonchev–Trinajstić information content (AvgIpc) is 2.77. The van der Waals surface area contributed by atoms with Gasteiger partial charge in [0.1, 0.15) is 5.75 Å². The summed E-state index contributed by atoms with van der Waals surface area (Å²) < 4.78 is 33.7. The van der Waals surface area contributed by atoms with Crippen LogP contribution in [0.5, 0.6) is 11.6 Å². The maximum absolute atomic E-state index is 12.7. The van der Waals surface area contributed by atoms with E-state index in [9.17, 15) is 13.2 Å². The van der Waals surface area contributed by atoms with Crippen molar-refractivity contribution in [1.82, 2.24) is 10.3 Å². The average molecular weight is 454 g/mol. The first kappa shape index (κ1) is 23.3. The molecule has 0 radical (unpaired) electrons. The van der Waals surface area contributed by atoms with Gasteiger partial charge in [-0.15, -0.1) is 0 Å². The molecule has 2 aromatic carbocycles. The minimum absolute atomic E-state index is 0.105. The molecule has 0 saturated heterocycles. The Morgan fingerprint density at radius 2 is 1.78 bits per heavy atom. The monoisotopic (exact) mass is 453 g/mol. The van der Waals surface area contributed by atoms with Crippen molar-refractivity contribution in [3.63, 3.8) is 0 Å². The van der Waals surface area contributed by atoms with E-state index in [-0.39, 0.29) is 16.8 Å². The summed E-state index contributed by atoms with van der Waals surface area (Å²) in [6.45, 7) is 7.56. The maximum atomic E-state index is 12.7. The molecular formula is C24H27N3O4S. The van der Waals surface area contributed by atoms with E-state index in [1.807, 2.05) is 26.8 Å². The van der Waals surface area contributed by atoms with Gasteiger partial charge in [0.05, 0.1) is 16.8 Å². The quantitative estimate of drug-likeness (QED) is 0.510. The van der Waals surface area contributed by atoms with Crippen LogP contribution in [0.15, 0.2) is 65.7 Å². The highest BCUT2D eigenvalue weighted by Crippen LogP contribution is 2.23. The van der Waals surface area contributed by atoms with Crippen molar-refractivity contribution >= 4 is 21.6 Å². The van der Waals surface area contributed by atoms with E-state index in [0.717, 1.165) is 12.0 Å². The van der Waals surface area contributed by atoms with Crippen molar-refractivity contribution in [2.24, 2.45) is 0 Å². The van der Waals surface area contributed by atoms with Crippen LogP contribution in [0, 0.1) is 13.8 Å². The summed E-state index contributed by atoms with van der Waals surface area (Å²) in [6.07, 6.45) is 2.25. The minimum atomic E-state index is -3.73. The molecule has 1 atom stereocenters. The lowest BCUT2D eigenvalue weighted by Gasteiger charge is -2.12. The molecule has 0 aliphatic heterocycles. The third kappa shape index (κ3) is 5.85. The molecule has 0 spiro atoms. The van der Waals surface area contributed by atoms with Gasteiger partial charge >= 0.3 is 0 Å². The first-order valence-electron chi connectivity index (χ1n) is 10.3. The fourth-order valence-corrected chi connectivity index (χ4v) is 4.29. The third-order valence-electron chi connectivity index (χ3n) is 4.95. The number of carbonyl (C=O) groups is 1. The van der Waals surface area contributed by atoms with Gasteiger partial charge in [-0.1, -0.05) is 19.1 Å². The molecule has 8 heteroatoms. The van der Waals surface area contributed by atoms with Crippen LogP contribution >= 0.6 is 0 Å². The number of hydrogen-bond acceptors (Lipinski definition) is 5. The van der Waals surface area contributed by atoms with E-state index in [2.05, 4.69) is 15.0 Å². The Bertz CT molecular complexity index is 1190. The molecule has 1 unspecified atom stereocenters. The van der Waals surface area contributed by atoms with E-state index in [0.29, 0.717) is 28.4 Å². The molecule has 0 aliphatic carbocycles. The van der Waals surface area contributed by atoms with Crippen LogP contribution in [-0.4, -0.2) is 25.4 Å². The molecule has 2 N–H and O–H groups in total. The SMILES string of the molecule is CCC(C)NC(=O)c1ccc(Oc2ccc(NS(=O)(=O)c3cc(C)ccc3C)cn2)cc1. The Morgan fingerprint density at radius 1 is 1.06 bits per heavy atom. The summed E-state index contributed by atoms with van der Waals surface area (Å²) in [5, 5.41) is 2.91. The topological polar surface area (TPSA) is 97.4 Å². The second-order valence-corrected chi connectivity index (χ2v) is 9.32. The zero-order valence-corrected chi connectivity index (χ0v) is 19.4. The Balaban J connectivity index is 1.66. The van der Waals surface area contributed by atoms with Gasteiger partial charge in [0, 0.05) is 17.7 Å². The largest absolute Gasteiger partial charge is 0.439 e. The number of benzene rings is 2. The second kappa shape index (κ2) is 9.82. The first-order valence-corrected chi connectivity index (χ1v) is 11.8. The summed E-state index contributed by atoms with van der Waals surface area (Å²) >= 11 is 0. The molecule has 0 saturated carbocycles. The number of ether oxygens (including phenoxy) is 1. The lowest BCUT2D eigenvalue weighted by Crippen LogP contribution is -2.31. The van der Waals surface area contributed by atoms with Crippen molar-refractivity contribution in [2.75, 3.05) is 4.72 Å². The predicted octanol–water partition coefficient (Wildman–Crippen LogP) is 4.82. The minimum Gasteiger partial charge on any atom is -0.439 e. The molecule has 7 nitrogen and oxygen atoms in total. The van der Waals surface area contributed by atoms with E-state index >= 15 is 0 Å². The van der Waals surface area contributed by atoms with Gasteiger partial charge in [-0.05, 0) is 74.7 Å². The molecule has 168 valence electrons. The smallest absolute Gasteiger partial charge is 0.262 e. The van der Waals surface area contributed by atoms with Crippen LogP contribution in [0.3, 0.4) is 0 Å². The highest BCUT2D eigenvalue weighted by atomic mass is 32.2. The number of sulfonamides is 1. The molecule has 3 rings (SSSR count). The number of aromatic nitrogens is 1. The van der Waals surface area contributed by atoms with E-state index in [1.54, 1.807) is 55.5 Å². The Morgan fingerprint density at radius 3 is 2.41 bits per heavy atom. The molecule has 3 aromatic rings. The first-order chi connectivity index (χ1) is 15.2. The molecular weight excluding hydrogens is 426 g/mol. The molecule has 0 bridgehead atoms. The summed E-state index contributed by atoms with van der Waals surface area (Å²) in [5.74, 6) is 0.683. The molecule has 0 aliphatic rings. The van der Waals surface area contributed by atoms with Crippen molar-refractivity contribution in [3.8, 4) is 11.6 Å². The summed E-state index contributed by atoms with van der Waals surface area (Å²) in [5.41, 5.74) is 2.40. The van der Waals surface area contributed by atoms with Crippen molar-refractivity contribution in [1.29, 1.82) is 0 Å². The highest BCUT2D eigenvalue weighted by Gasteiger charge is 2.17. The van der Waals surface area contributed by atoms with Crippen LogP contribution in [0.1, 0.15) is 41.8 Å². The van der Waals surface area contributed by atoms with Gasteiger partial charge in [-0.3, -0.25) is 9.52 Å². The van der Waals surface area contributed by atoms with Crippen LogP contribution < -0.4 is 14.8 Å². The molecule has 1 heterocycles. The number of nitrogens with one attached hydrogen (secondary N) is 2. The standard InChI is InChI=1S/C24H27N3O4S/c1-5-18(4)26-24(28)19-8-11-21(12-9-19)31-23-13-10-20(15-25-23)27-32(29,30)22-14-16(2)6-7-17(22)3/h6-15,18,27H,5H2,1-4H3,(H,26,28). The highest BCUT2D eigenvalue weighted by molar-refractivity contribution is 7.92. The van der Waals surface area contributed by atoms with E-state index in [4.69, 9.17) is 4.74 Å². The number of amides is 1. The number of anilines is 1. The summed E-state index contributed by atoms with van der Waals surface area (Å²) in [4.78, 5) is 16.6. The van der Waals surface area contributed by atoms with Gasteiger partial charge in [0.2, 0.25) is 5.88 Å². The summed E-state index contributed by atoms with van der Waals surface area (Å²) in [6, 6.07) is 15.3. The van der Waals surface area contributed by atoms with Gasteiger partial charge < -0.3 is 10.1 Å². The number of pyridine rings is 1. The fourth-order valence-electron chi connectivity index (χ4n) is 2.91. The maximum Gasteiger partial charge on any atom is 0.262 e. The van der Waals surface area contributed by atoms with E-state index < -0.39 is 10.0 Å². The number of carbonyl (C=O) groups excluding carboxylic acids is 1. The predicted molar refractivity (Wildman–Crippen MR) is 125 cm³/mol. The van der Waals surface area contributed by atoms with E-state index in [1.165, 1.54) is 6.20 Å². The van der Waals surface area contributed by atoms with Crippen LogP contribution in [0.4, 0.5) is 5.69 Å². The molecule has 1 aromatic heterocycles.